The predicted octanol–water partition coefficient (Wildman–Crippen LogP) is 3.87. The maximum Gasteiger partial charge on any atom is 0.0704 e. The fourth-order valence-electron chi connectivity index (χ4n) is 3.69. The van der Waals surface area contributed by atoms with Gasteiger partial charge in [-0.2, -0.15) is 0 Å². The second-order valence-electron chi connectivity index (χ2n) is 6.51. The van der Waals surface area contributed by atoms with E-state index in [-0.39, 0.29) is 0 Å². The van der Waals surface area contributed by atoms with Gasteiger partial charge in [-0.05, 0) is 56.9 Å². The Morgan fingerprint density at radius 3 is 2.40 bits per heavy atom. The molecule has 0 bridgehead atoms. The van der Waals surface area contributed by atoms with Crippen molar-refractivity contribution in [1.82, 2.24) is 5.32 Å². The van der Waals surface area contributed by atoms with Gasteiger partial charge in [0, 0.05) is 12.6 Å². The average molecular weight is 273 g/mol. The van der Waals surface area contributed by atoms with E-state index < -0.39 is 0 Å². The lowest BCUT2D eigenvalue weighted by Gasteiger charge is -2.30. The van der Waals surface area contributed by atoms with Gasteiger partial charge in [-0.1, -0.05) is 30.3 Å². The quantitative estimate of drug-likeness (QED) is 0.899. The summed E-state index contributed by atoms with van der Waals surface area (Å²) >= 11 is 0. The van der Waals surface area contributed by atoms with Crippen molar-refractivity contribution in [3.63, 3.8) is 0 Å². The minimum atomic E-state index is 0.455. The van der Waals surface area contributed by atoms with Crippen molar-refractivity contribution in [2.45, 2.75) is 69.6 Å². The third-order valence-electron chi connectivity index (χ3n) is 4.95. The van der Waals surface area contributed by atoms with Crippen molar-refractivity contribution in [3.05, 3.63) is 35.9 Å². The summed E-state index contributed by atoms with van der Waals surface area (Å²) in [7, 11) is 0. The van der Waals surface area contributed by atoms with Gasteiger partial charge in [0.2, 0.25) is 0 Å². The van der Waals surface area contributed by atoms with E-state index in [2.05, 4.69) is 42.6 Å². The van der Waals surface area contributed by atoms with Gasteiger partial charge >= 0.3 is 0 Å². The predicted molar refractivity (Wildman–Crippen MR) is 83.0 cm³/mol. The SMILES string of the molecule is CC1CCC(CNC2CCC(c3ccccc3)CC2)O1. The van der Waals surface area contributed by atoms with Gasteiger partial charge in [0.25, 0.3) is 0 Å². The molecule has 2 unspecified atom stereocenters. The summed E-state index contributed by atoms with van der Waals surface area (Å²) in [4.78, 5) is 0. The van der Waals surface area contributed by atoms with Crippen LogP contribution in [0.15, 0.2) is 30.3 Å². The Morgan fingerprint density at radius 2 is 1.75 bits per heavy atom. The lowest BCUT2D eigenvalue weighted by Crippen LogP contribution is -2.37. The summed E-state index contributed by atoms with van der Waals surface area (Å²) in [5.74, 6) is 0.775. The van der Waals surface area contributed by atoms with E-state index in [4.69, 9.17) is 4.74 Å². The molecule has 3 rings (SSSR count). The van der Waals surface area contributed by atoms with E-state index in [9.17, 15) is 0 Å². The van der Waals surface area contributed by atoms with Crippen molar-refractivity contribution in [3.8, 4) is 0 Å². The van der Waals surface area contributed by atoms with Crippen molar-refractivity contribution >= 4 is 0 Å². The van der Waals surface area contributed by atoms with Crippen molar-refractivity contribution in [2.24, 2.45) is 0 Å². The molecule has 1 aromatic carbocycles. The van der Waals surface area contributed by atoms with Crippen molar-refractivity contribution < 1.29 is 4.74 Å². The first-order valence-electron chi connectivity index (χ1n) is 8.25. The van der Waals surface area contributed by atoms with Crippen LogP contribution in [-0.2, 0) is 4.74 Å². The van der Waals surface area contributed by atoms with Crippen LogP contribution >= 0.6 is 0 Å². The summed E-state index contributed by atoms with van der Waals surface area (Å²) < 4.78 is 5.88. The Morgan fingerprint density at radius 1 is 1.00 bits per heavy atom. The second kappa shape index (κ2) is 6.73. The van der Waals surface area contributed by atoms with E-state index in [1.165, 1.54) is 44.1 Å². The molecule has 2 atom stereocenters. The van der Waals surface area contributed by atoms with Gasteiger partial charge in [0.1, 0.15) is 0 Å². The topological polar surface area (TPSA) is 21.3 Å². The van der Waals surface area contributed by atoms with Gasteiger partial charge in [0.05, 0.1) is 12.2 Å². The van der Waals surface area contributed by atoms with Crippen LogP contribution in [0.1, 0.15) is 56.9 Å². The molecule has 1 aliphatic carbocycles. The van der Waals surface area contributed by atoms with Crippen molar-refractivity contribution in [1.29, 1.82) is 0 Å². The van der Waals surface area contributed by atoms with Gasteiger partial charge in [-0.15, -0.1) is 0 Å². The molecule has 1 N–H and O–H groups in total. The fraction of sp³-hybridized carbons (Fsp3) is 0.667. The molecule has 2 aliphatic rings. The first-order chi connectivity index (χ1) is 9.81. The number of hydrogen-bond acceptors (Lipinski definition) is 2. The minimum absolute atomic E-state index is 0.455. The monoisotopic (exact) mass is 273 g/mol. The molecule has 1 saturated carbocycles. The number of hydrogen-bond donors (Lipinski definition) is 1. The minimum Gasteiger partial charge on any atom is -0.374 e. The Hall–Kier alpha value is -0.860. The standard InChI is InChI=1S/C18H27NO/c1-14-7-12-18(20-14)13-19-17-10-8-16(9-11-17)15-5-3-2-4-6-15/h2-6,14,16-19H,7-13H2,1H3. The Balaban J connectivity index is 1.40. The summed E-state index contributed by atoms with van der Waals surface area (Å²) in [6.45, 7) is 3.23. The highest BCUT2D eigenvalue weighted by molar-refractivity contribution is 5.20. The lowest BCUT2D eigenvalue weighted by atomic mass is 9.82. The second-order valence-corrected chi connectivity index (χ2v) is 6.51. The van der Waals surface area contributed by atoms with Crippen LogP contribution in [0.3, 0.4) is 0 Å². The van der Waals surface area contributed by atoms with Crippen LogP contribution in [0, 0.1) is 0 Å². The molecular weight excluding hydrogens is 246 g/mol. The van der Waals surface area contributed by atoms with Crippen LogP contribution in [-0.4, -0.2) is 24.8 Å². The molecule has 0 aromatic heterocycles. The van der Waals surface area contributed by atoms with E-state index in [1.54, 1.807) is 0 Å². The number of benzene rings is 1. The zero-order valence-electron chi connectivity index (χ0n) is 12.6. The van der Waals surface area contributed by atoms with Crippen LogP contribution in [0.5, 0.6) is 0 Å². The largest absolute Gasteiger partial charge is 0.374 e. The lowest BCUT2D eigenvalue weighted by molar-refractivity contribution is 0.0533. The fourth-order valence-corrected chi connectivity index (χ4v) is 3.69. The van der Waals surface area contributed by atoms with Gasteiger partial charge in [-0.25, -0.2) is 0 Å². The van der Waals surface area contributed by atoms with E-state index in [0.717, 1.165) is 12.5 Å². The Bertz CT molecular complexity index is 397. The Labute approximate surface area is 122 Å². The Kier molecular flexibility index (Phi) is 4.74. The molecule has 2 fully saturated rings. The van der Waals surface area contributed by atoms with E-state index in [1.807, 2.05) is 0 Å². The molecule has 110 valence electrons. The summed E-state index contributed by atoms with van der Waals surface area (Å²) in [6, 6.07) is 11.7. The number of ether oxygens (including phenoxy) is 1. The molecular formula is C18H27NO. The third kappa shape index (κ3) is 3.62. The van der Waals surface area contributed by atoms with Gasteiger partial charge < -0.3 is 10.1 Å². The molecule has 0 radical (unpaired) electrons. The number of rotatable bonds is 4. The van der Waals surface area contributed by atoms with Crippen LogP contribution < -0.4 is 5.32 Å². The molecule has 1 heterocycles. The molecule has 1 aromatic rings. The molecule has 0 spiro atoms. The zero-order valence-corrected chi connectivity index (χ0v) is 12.6. The highest BCUT2D eigenvalue weighted by atomic mass is 16.5. The molecule has 0 amide bonds. The summed E-state index contributed by atoms with van der Waals surface area (Å²) in [5, 5.41) is 3.73. The first-order valence-corrected chi connectivity index (χ1v) is 8.25. The molecule has 2 heteroatoms. The average Bonchev–Trinajstić information content (AvgIpc) is 2.92. The van der Waals surface area contributed by atoms with Gasteiger partial charge in [-0.3, -0.25) is 0 Å². The van der Waals surface area contributed by atoms with Crippen LogP contribution in [0.2, 0.25) is 0 Å². The molecule has 20 heavy (non-hydrogen) atoms. The number of nitrogens with one attached hydrogen (secondary N) is 1. The highest BCUT2D eigenvalue weighted by Gasteiger charge is 2.25. The van der Waals surface area contributed by atoms with E-state index >= 15 is 0 Å². The molecule has 2 nitrogen and oxygen atoms in total. The maximum absolute atomic E-state index is 5.88. The third-order valence-corrected chi connectivity index (χ3v) is 4.95. The summed E-state index contributed by atoms with van der Waals surface area (Å²) in [5.41, 5.74) is 1.53. The molecule has 1 saturated heterocycles. The normalized spacial score (nSPS) is 34.2. The van der Waals surface area contributed by atoms with Crippen molar-refractivity contribution in [2.75, 3.05) is 6.54 Å². The summed E-state index contributed by atoms with van der Waals surface area (Å²) in [6.07, 6.45) is 8.64. The van der Waals surface area contributed by atoms with Crippen LogP contribution in [0.25, 0.3) is 0 Å². The van der Waals surface area contributed by atoms with E-state index in [0.29, 0.717) is 18.2 Å². The first kappa shape index (κ1) is 14.1. The maximum atomic E-state index is 5.88. The smallest absolute Gasteiger partial charge is 0.0704 e. The zero-order chi connectivity index (χ0) is 13.8. The van der Waals surface area contributed by atoms with Crippen LogP contribution in [0.4, 0.5) is 0 Å². The highest BCUT2D eigenvalue weighted by Crippen LogP contribution is 2.32. The molecule has 1 aliphatic heterocycles. The van der Waals surface area contributed by atoms with Gasteiger partial charge in [0.15, 0.2) is 0 Å².